The van der Waals surface area contributed by atoms with Gasteiger partial charge in [0.2, 0.25) is 0 Å². The van der Waals surface area contributed by atoms with E-state index in [1.807, 2.05) is 0 Å². The van der Waals surface area contributed by atoms with Gasteiger partial charge in [-0.1, -0.05) is 6.07 Å². The molecule has 1 N–H and O–H groups in total. The summed E-state index contributed by atoms with van der Waals surface area (Å²) in [5.41, 5.74) is -0.487. The van der Waals surface area contributed by atoms with Crippen molar-refractivity contribution in [2.45, 2.75) is 0 Å². The summed E-state index contributed by atoms with van der Waals surface area (Å²) >= 11 is 0. The van der Waals surface area contributed by atoms with Crippen molar-refractivity contribution >= 4 is 5.97 Å². The Labute approximate surface area is 107 Å². The Morgan fingerprint density at radius 2 is 2.00 bits per heavy atom. The molecule has 1 heterocycles. The summed E-state index contributed by atoms with van der Waals surface area (Å²) in [5.74, 6) is -3.76. The standard InChI is InChI=1S/C13H9F2NO3/c1-19-8-4-7(5-16-6-8)9-2-3-10(13(17)18)12(15)11(9)14/h2-6H,1H3,(H,17,18). The molecule has 19 heavy (non-hydrogen) atoms. The molecule has 0 aliphatic rings. The Morgan fingerprint density at radius 3 is 2.63 bits per heavy atom. The number of aromatic carboxylic acids is 1. The Balaban J connectivity index is 2.57. The van der Waals surface area contributed by atoms with Gasteiger partial charge in [-0.2, -0.15) is 0 Å². The van der Waals surface area contributed by atoms with Crippen LogP contribution in [0.25, 0.3) is 11.1 Å². The average Bonchev–Trinajstić information content (AvgIpc) is 2.41. The molecule has 0 aliphatic carbocycles. The number of carboxylic acid groups (broad SMARTS) is 1. The van der Waals surface area contributed by atoms with E-state index in [9.17, 15) is 13.6 Å². The molecule has 0 spiro atoms. The predicted molar refractivity (Wildman–Crippen MR) is 63.1 cm³/mol. The van der Waals surface area contributed by atoms with E-state index in [1.165, 1.54) is 31.6 Å². The zero-order valence-electron chi connectivity index (χ0n) is 9.85. The van der Waals surface area contributed by atoms with E-state index < -0.39 is 23.2 Å². The van der Waals surface area contributed by atoms with Gasteiger partial charge < -0.3 is 9.84 Å². The van der Waals surface area contributed by atoms with Crippen LogP contribution in [0.4, 0.5) is 8.78 Å². The van der Waals surface area contributed by atoms with Crippen molar-refractivity contribution in [3.63, 3.8) is 0 Å². The third kappa shape index (κ3) is 2.37. The lowest BCUT2D eigenvalue weighted by atomic mass is 10.0. The topological polar surface area (TPSA) is 59.4 Å². The highest BCUT2D eigenvalue weighted by atomic mass is 19.2. The fraction of sp³-hybridized carbons (Fsp3) is 0.0769. The van der Waals surface area contributed by atoms with Gasteiger partial charge >= 0.3 is 5.97 Å². The number of pyridine rings is 1. The van der Waals surface area contributed by atoms with Gasteiger partial charge in [0.05, 0.1) is 18.9 Å². The first kappa shape index (κ1) is 12.9. The summed E-state index contributed by atoms with van der Waals surface area (Å²) in [4.78, 5) is 14.5. The van der Waals surface area contributed by atoms with Crippen molar-refractivity contribution in [1.29, 1.82) is 0 Å². The molecule has 98 valence electrons. The third-order valence-electron chi connectivity index (χ3n) is 2.57. The van der Waals surface area contributed by atoms with Crippen LogP contribution in [0.5, 0.6) is 5.75 Å². The van der Waals surface area contributed by atoms with Crippen molar-refractivity contribution in [3.05, 3.63) is 47.8 Å². The number of carboxylic acids is 1. The largest absolute Gasteiger partial charge is 0.495 e. The van der Waals surface area contributed by atoms with E-state index in [0.717, 1.165) is 6.07 Å². The highest BCUT2D eigenvalue weighted by Crippen LogP contribution is 2.28. The molecule has 0 unspecified atom stereocenters. The number of hydrogen-bond donors (Lipinski definition) is 1. The van der Waals surface area contributed by atoms with Crippen LogP contribution >= 0.6 is 0 Å². The molecular weight excluding hydrogens is 256 g/mol. The lowest BCUT2D eigenvalue weighted by molar-refractivity contribution is 0.0690. The second-order valence-corrected chi connectivity index (χ2v) is 3.71. The van der Waals surface area contributed by atoms with Gasteiger partial charge in [0.1, 0.15) is 5.75 Å². The first-order valence-corrected chi connectivity index (χ1v) is 5.25. The van der Waals surface area contributed by atoms with Gasteiger partial charge in [-0.15, -0.1) is 0 Å². The summed E-state index contributed by atoms with van der Waals surface area (Å²) in [6.45, 7) is 0. The summed E-state index contributed by atoms with van der Waals surface area (Å²) in [6, 6.07) is 3.68. The molecule has 0 aliphatic heterocycles. The fourth-order valence-electron chi connectivity index (χ4n) is 1.62. The van der Waals surface area contributed by atoms with Gasteiger partial charge in [0, 0.05) is 17.3 Å². The van der Waals surface area contributed by atoms with Crippen molar-refractivity contribution in [1.82, 2.24) is 4.98 Å². The number of benzene rings is 1. The molecule has 6 heteroatoms. The van der Waals surface area contributed by atoms with Crippen LogP contribution in [0, 0.1) is 11.6 Å². The highest BCUT2D eigenvalue weighted by molar-refractivity contribution is 5.88. The van der Waals surface area contributed by atoms with Gasteiger partial charge in [-0.05, 0) is 12.1 Å². The van der Waals surface area contributed by atoms with E-state index in [2.05, 4.69) is 4.98 Å². The van der Waals surface area contributed by atoms with E-state index in [0.29, 0.717) is 11.3 Å². The molecular formula is C13H9F2NO3. The number of rotatable bonds is 3. The highest BCUT2D eigenvalue weighted by Gasteiger charge is 2.19. The van der Waals surface area contributed by atoms with Crippen molar-refractivity contribution < 1.29 is 23.4 Å². The number of hydrogen-bond acceptors (Lipinski definition) is 3. The smallest absolute Gasteiger partial charge is 0.338 e. The predicted octanol–water partition coefficient (Wildman–Crippen LogP) is 2.73. The SMILES string of the molecule is COc1cncc(-c2ccc(C(=O)O)c(F)c2F)c1. The normalized spacial score (nSPS) is 10.3. The number of nitrogens with zero attached hydrogens (tertiary/aromatic N) is 1. The van der Waals surface area contributed by atoms with Crippen LogP contribution in [0.15, 0.2) is 30.6 Å². The molecule has 4 nitrogen and oxygen atoms in total. The second-order valence-electron chi connectivity index (χ2n) is 3.71. The van der Waals surface area contributed by atoms with Crippen LogP contribution in [0.2, 0.25) is 0 Å². The Hall–Kier alpha value is -2.50. The molecule has 0 atom stereocenters. The number of carbonyl (C=O) groups is 1. The average molecular weight is 265 g/mol. The molecule has 0 saturated heterocycles. The van der Waals surface area contributed by atoms with Crippen LogP contribution < -0.4 is 4.74 Å². The Bertz CT molecular complexity index is 644. The van der Waals surface area contributed by atoms with Gasteiger partial charge in [-0.3, -0.25) is 4.98 Å². The van der Waals surface area contributed by atoms with Gasteiger partial charge in [-0.25, -0.2) is 13.6 Å². The maximum atomic E-state index is 13.8. The van der Waals surface area contributed by atoms with Crippen molar-refractivity contribution in [3.8, 4) is 16.9 Å². The van der Waals surface area contributed by atoms with Crippen LogP contribution in [0.3, 0.4) is 0 Å². The minimum atomic E-state index is -1.52. The molecule has 0 radical (unpaired) electrons. The Kier molecular flexibility index (Phi) is 3.41. The lowest BCUT2D eigenvalue weighted by Gasteiger charge is -2.07. The summed E-state index contributed by atoms with van der Waals surface area (Å²) in [7, 11) is 1.42. The molecule has 0 saturated carbocycles. The van der Waals surface area contributed by atoms with Crippen LogP contribution in [0.1, 0.15) is 10.4 Å². The summed E-state index contributed by atoms with van der Waals surface area (Å²) in [5, 5.41) is 8.69. The molecule has 1 aromatic carbocycles. The second kappa shape index (κ2) is 5.01. The maximum absolute atomic E-state index is 13.8. The first-order chi connectivity index (χ1) is 9.04. The molecule has 0 bridgehead atoms. The summed E-state index contributed by atoms with van der Waals surface area (Å²) < 4.78 is 32.3. The zero-order chi connectivity index (χ0) is 14.0. The van der Waals surface area contributed by atoms with Gasteiger partial charge in [0.15, 0.2) is 11.6 Å². The number of methoxy groups -OCH3 is 1. The Morgan fingerprint density at radius 1 is 1.26 bits per heavy atom. The third-order valence-corrected chi connectivity index (χ3v) is 2.57. The van der Waals surface area contributed by atoms with E-state index in [-0.39, 0.29) is 5.56 Å². The monoisotopic (exact) mass is 265 g/mol. The fourth-order valence-corrected chi connectivity index (χ4v) is 1.62. The summed E-state index contributed by atoms with van der Waals surface area (Å²) in [6.07, 6.45) is 2.75. The number of aromatic nitrogens is 1. The molecule has 1 aromatic heterocycles. The van der Waals surface area contributed by atoms with Gasteiger partial charge in [0.25, 0.3) is 0 Å². The minimum Gasteiger partial charge on any atom is -0.495 e. The van der Waals surface area contributed by atoms with Crippen molar-refractivity contribution in [2.75, 3.05) is 7.11 Å². The minimum absolute atomic E-state index is 0.0751. The first-order valence-electron chi connectivity index (χ1n) is 5.25. The molecule has 0 fully saturated rings. The molecule has 2 rings (SSSR count). The zero-order valence-corrected chi connectivity index (χ0v) is 9.85. The molecule has 0 amide bonds. The quantitative estimate of drug-likeness (QED) is 0.927. The lowest BCUT2D eigenvalue weighted by Crippen LogP contribution is -2.04. The van der Waals surface area contributed by atoms with E-state index >= 15 is 0 Å². The van der Waals surface area contributed by atoms with E-state index in [1.54, 1.807) is 0 Å². The number of ether oxygens (including phenoxy) is 1. The molecule has 2 aromatic rings. The maximum Gasteiger partial charge on any atom is 0.338 e. The van der Waals surface area contributed by atoms with Crippen LogP contribution in [-0.2, 0) is 0 Å². The van der Waals surface area contributed by atoms with Crippen molar-refractivity contribution in [2.24, 2.45) is 0 Å². The number of halogens is 2. The van der Waals surface area contributed by atoms with E-state index in [4.69, 9.17) is 9.84 Å². The van der Waals surface area contributed by atoms with Crippen LogP contribution in [-0.4, -0.2) is 23.2 Å².